The van der Waals surface area contributed by atoms with E-state index in [-0.39, 0.29) is 6.61 Å². The fraction of sp³-hybridized carbons (Fsp3) is 0.643. The number of hydrazine groups is 1. The summed E-state index contributed by atoms with van der Waals surface area (Å²) in [5, 5.41) is 1.11. The summed E-state index contributed by atoms with van der Waals surface area (Å²) in [6.07, 6.45) is 5.11. The molecule has 2 rings (SSSR count). The minimum Gasteiger partial charge on any atom is -0.443 e. The summed E-state index contributed by atoms with van der Waals surface area (Å²) in [5.41, 5.74) is 3.34. The molecular weight excluding hydrogens is 460 g/mol. The lowest BCUT2D eigenvalue weighted by Crippen LogP contribution is -2.63. The van der Waals surface area contributed by atoms with E-state index in [1.165, 1.54) is 5.56 Å². The second-order valence-corrected chi connectivity index (χ2v) is 11.5. The van der Waals surface area contributed by atoms with Gasteiger partial charge in [0, 0.05) is 0 Å². The van der Waals surface area contributed by atoms with Gasteiger partial charge >= 0.3 is 12.2 Å². The molecule has 202 valence electrons. The van der Waals surface area contributed by atoms with Crippen LogP contribution in [0.2, 0.25) is 0 Å². The number of nitrogens with one attached hydrogen (secondary N) is 1. The van der Waals surface area contributed by atoms with Crippen LogP contribution in [0.4, 0.5) is 9.59 Å². The first-order valence-electron chi connectivity index (χ1n) is 12.7. The summed E-state index contributed by atoms with van der Waals surface area (Å²) >= 11 is 0. The molecule has 2 amide bonds. The fourth-order valence-corrected chi connectivity index (χ4v) is 3.57. The molecule has 0 bridgehead atoms. The zero-order chi connectivity index (χ0) is 27.1. The minimum absolute atomic E-state index is 0.118. The van der Waals surface area contributed by atoms with Gasteiger partial charge in [0.2, 0.25) is 0 Å². The zero-order valence-electron chi connectivity index (χ0n) is 23.3. The molecule has 0 aliphatic carbocycles. The highest BCUT2D eigenvalue weighted by Gasteiger charge is 2.42. The highest BCUT2D eigenvalue weighted by atomic mass is 16.7. The Morgan fingerprint density at radius 3 is 2.25 bits per heavy atom. The Balaban J connectivity index is 2.31. The minimum atomic E-state index is -0.874. The summed E-state index contributed by atoms with van der Waals surface area (Å²) < 4.78 is 23.0. The van der Waals surface area contributed by atoms with Crippen LogP contribution in [0.15, 0.2) is 30.3 Å². The normalized spacial score (nSPS) is 20.1. The lowest BCUT2D eigenvalue weighted by molar-refractivity contribution is -0.283. The summed E-state index contributed by atoms with van der Waals surface area (Å²) in [6.45, 7) is 16.4. The lowest BCUT2D eigenvalue weighted by Gasteiger charge is -2.44. The second kappa shape index (κ2) is 12.1. The molecular formula is C28H44N2O6. The first-order valence-corrected chi connectivity index (χ1v) is 12.7. The number of aryl methyl sites for hydroxylation is 1. The Kier molecular flexibility index (Phi) is 9.97. The van der Waals surface area contributed by atoms with E-state index in [9.17, 15) is 9.59 Å². The molecule has 0 saturated carbocycles. The average molecular weight is 505 g/mol. The summed E-state index contributed by atoms with van der Waals surface area (Å²) in [5.74, 6) is -0.874. The quantitative estimate of drug-likeness (QED) is 0.462. The molecule has 1 aliphatic heterocycles. The first kappa shape index (κ1) is 29.6. The van der Waals surface area contributed by atoms with E-state index in [1.54, 1.807) is 41.5 Å². The summed E-state index contributed by atoms with van der Waals surface area (Å²) in [6, 6.07) is 7.68. The van der Waals surface area contributed by atoms with E-state index in [0.717, 1.165) is 29.8 Å². The number of nitrogens with zero attached hydrogens (tertiary/aromatic N) is 1. The van der Waals surface area contributed by atoms with Crippen molar-refractivity contribution in [3.8, 4) is 0 Å². The number of rotatable bonds is 6. The number of unbranched alkanes of at least 4 members (excludes halogenated alkanes) is 1. The van der Waals surface area contributed by atoms with Crippen molar-refractivity contribution in [1.82, 2.24) is 10.4 Å². The Morgan fingerprint density at radius 1 is 1.08 bits per heavy atom. The summed E-state index contributed by atoms with van der Waals surface area (Å²) in [7, 11) is 0. The molecule has 8 nitrogen and oxygen atoms in total. The number of ether oxygens (including phenoxy) is 4. The van der Waals surface area contributed by atoms with E-state index >= 15 is 0 Å². The van der Waals surface area contributed by atoms with Gasteiger partial charge in [-0.1, -0.05) is 49.8 Å². The summed E-state index contributed by atoms with van der Waals surface area (Å²) in [4.78, 5) is 25.8. The molecule has 1 N–H and O–H groups in total. The number of benzene rings is 1. The van der Waals surface area contributed by atoms with Crippen molar-refractivity contribution in [3.05, 3.63) is 41.5 Å². The van der Waals surface area contributed by atoms with Gasteiger partial charge in [0.05, 0.1) is 6.61 Å². The first-order chi connectivity index (χ1) is 16.6. The maximum absolute atomic E-state index is 13.2. The topological polar surface area (TPSA) is 86.3 Å². The molecule has 1 aliphatic rings. The third kappa shape index (κ3) is 10.2. The van der Waals surface area contributed by atoms with Gasteiger partial charge in [-0.15, -0.1) is 0 Å². The maximum atomic E-state index is 13.2. The second-order valence-electron chi connectivity index (χ2n) is 11.5. The Hall–Kier alpha value is -2.58. The molecule has 36 heavy (non-hydrogen) atoms. The van der Waals surface area contributed by atoms with E-state index in [2.05, 4.69) is 36.6 Å². The SMILES string of the molecule is CCCCc1ccc(/C=C/[C@@H]2OC(C)(C)OC[C@H]2N(NC(=O)OC(C)(C)C)C(=O)OC(C)(C)C)cc1. The number of hydrogen-bond acceptors (Lipinski definition) is 6. The third-order valence-electron chi connectivity index (χ3n) is 5.21. The van der Waals surface area contributed by atoms with Crippen LogP contribution in [-0.4, -0.2) is 52.9 Å². The number of carbonyl (C=O) groups excluding carboxylic acids is 2. The third-order valence-corrected chi connectivity index (χ3v) is 5.21. The Bertz CT molecular complexity index is 896. The van der Waals surface area contributed by atoms with Crippen LogP contribution in [-0.2, 0) is 25.4 Å². The molecule has 0 radical (unpaired) electrons. The molecule has 0 aromatic heterocycles. The van der Waals surface area contributed by atoms with Crippen LogP contribution in [0.3, 0.4) is 0 Å². The lowest BCUT2D eigenvalue weighted by atomic mass is 10.0. The maximum Gasteiger partial charge on any atom is 0.429 e. The average Bonchev–Trinajstić information content (AvgIpc) is 2.73. The van der Waals surface area contributed by atoms with Gasteiger partial charge in [-0.3, -0.25) is 0 Å². The molecule has 1 aromatic rings. The molecule has 1 fully saturated rings. The molecule has 1 saturated heterocycles. The highest BCUT2D eigenvalue weighted by Crippen LogP contribution is 2.27. The van der Waals surface area contributed by atoms with Crippen molar-refractivity contribution < 1.29 is 28.5 Å². The van der Waals surface area contributed by atoms with Gasteiger partial charge in [0.1, 0.15) is 23.3 Å². The molecule has 1 heterocycles. The van der Waals surface area contributed by atoms with Crippen LogP contribution in [0.25, 0.3) is 6.08 Å². The zero-order valence-corrected chi connectivity index (χ0v) is 23.3. The highest BCUT2D eigenvalue weighted by molar-refractivity contribution is 5.75. The van der Waals surface area contributed by atoms with Gasteiger partial charge < -0.3 is 18.9 Å². The van der Waals surface area contributed by atoms with Gasteiger partial charge in [-0.25, -0.2) is 20.0 Å². The van der Waals surface area contributed by atoms with Crippen LogP contribution in [0.5, 0.6) is 0 Å². The van der Waals surface area contributed by atoms with Crippen LogP contribution in [0.1, 0.15) is 86.3 Å². The number of hydrogen-bond donors (Lipinski definition) is 1. The number of amides is 2. The van der Waals surface area contributed by atoms with Crippen molar-refractivity contribution in [2.45, 2.75) is 111 Å². The Morgan fingerprint density at radius 2 is 1.69 bits per heavy atom. The number of carbonyl (C=O) groups is 2. The van der Waals surface area contributed by atoms with E-state index < -0.39 is 41.3 Å². The molecule has 0 spiro atoms. The molecule has 0 unspecified atom stereocenters. The van der Waals surface area contributed by atoms with Gasteiger partial charge in [-0.05, 0) is 79.4 Å². The van der Waals surface area contributed by atoms with Crippen LogP contribution >= 0.6 is 0 Å². The Labute approximate surface area is 216 Å². The van der Waals surface area contributed by atoms with Gasteiger partial charge in [-0.2, -0.15) is 0 Å². The van der Waals surface area contributed by atoms with Crippen LogP contribution in [0, 0.1) is 0 Å². The fourth-order valence-electron chi connectivity index (χ4n) is 3.57. The van der Waals surface area contributed by atoms with Crippen molar-refractivity contribution in [3.63, 3.8) is 0 Å². The van der Waals surface area contributed by atoms with E-state index in [0.29, 0.717) is 0 Å². The molecule has 8 heteroatoms. The van der Waals surface area contributed by atoms with E-state index in [1.807, 2.05) is 26.0 Å². The standard InChI is InChI=1S/C28H44N2O6/c1-10-11-12-20-13-15-21(16-14-20)17-18-23-22(19-33-28(8,9)34-23)30(25(32)36-27(5,6)7)29-24(31)35-26(2,3)4/h13-18,22-23H,10-12,19H2,1-9H3,(H,29,31)/b18-17+/t22-,23+/m1/s1. The smallest absolute Gasteiger partial charge is 0.429 e. The van der Waals surface area contributed by atoms with Crippen LogP contribution < -0.4 is 5.43 Å². The largest absolute Gasteiger partial charge is 0.443 e. The predicted molar refractivity (Wildman–Crippen MR) is 140 cm³/mol. The predicted octanol–water partition coefficient (Wildman–Crippen LogP) is 6.24. The molecule has 2 atom stereocenters. The van der Waals surface area contributed by atoms with Crippen molar-refractivity contribution >= 4 is 18.3 Å². The van der Waals surface area contributed by atoms with Crippen molar-refractivity contribution in [1.29, 1.82) is 0 Å². The van der Waals surface area contributed by atoms with E-state index in [4.69, 9.17) is 18.9 Å². The monoisotopic (exact) mass is 504 g/mol. The molecule has 1 aromatic carbocycles. The van der Waals surface area contributed by atoms with Crippen molar-refractivity contribution in [2.24, 2.45) is 0 Å². The van der Waals surface area contributed by atoms with Crippen molar-refractivity contribution in [2.75, 3.05) is 6.61 Å². The van der Waals surface area contributed by atoms with Gasteiger partial charge in [0.15, 0.2) is 5.79 Å². The van der Waals surface area contributed by atoms with Gasteiger partial charge in [0.25, 0.3) is 0 Å².